The first-order valence-electron chi connectivity index (χ1n) is 7.41. The van der Waals surface area contributed by atoms with Crippen LogP contribution in [0.4, 0.5) is 0 Å². The van der Waals surface area contributed by atoms with Crippen molar-refractivity contribution in [1.29, 1.82) is 0 Å². The Morgan fingerprint density at radius 3 is 2.41 bits per heavy atom. The van der Waals surface area contributed by atoms with Gasteiger partial charge >= 0.3 is 0 Å². The van der Waals surface area contributed by atoms with E-state index in [1.807, 2.05) is 60.4 Å². The molecule has 0 aliphatic carbocycles. The first-order valence-corrected chi connectivity index (χ1v) is 7.41. The Bertz CT molecular complexity index is 587. The number of carbonyl (C=O) groups excluding carboxylic acids is 1. The van der Waals surface area contributed by atoms with E-state index in [1.165, 1.54) is 0 Å². The smallest absolute Gasteiger partial charge is 0.252 e. The van der Waals surface area contributed by atoms with Gasteiger partial charge < -0.3 is 9.64 Å². The molecule has 0 aliphatic rings. The fraction of sp³-hybridized carbons (Fsp3) is 0.333. The molecule has 0 radical (unpaired) electrons. The number of carbonyl (C=O) groups is 1. The van der Waals surface area contributed by atoms with Gasteiger partial charge in [0.15, 0.2) is 0 Å². The van der Waals surface area contributed by atoms with Crippen LogP contribution in [-0.4, -0.2) is 29.0 Å². The molecule has 4 nitrogen and oxygen atoms in total. The number of nitrogens with zero attached hydrogens (tertiary/aromatic N) is 2. The minimum atomic E-state index is -0.477. The zero-order chi connectivity index (χ0) is 15.9. The van der Waals surface area contributed by atoms with Crippen LogP contribution in [0.5, 0.6) is 0 Å². The largest absolute Gasteiger partial charge is 0.372 e. The van der Waals surface area contributed by atoms with Gasteiger partial charge in [0.25, 0.3) is 5.91 Å². The molecule has 4 heteroatoms. The lowest BCUT2D eigenvalue weighted by molar-refractivity contribution is -0.144. The molecule has 0 saturated heterocycles. The number of hydrogen-bond acceptors (Lipinski definition) is 3. The molecule has 2 aromatic rings. The Labute approximate surface area is 131 Å². The molecule has 1 heterocycles. The molecule has 2 rings (SSSR count). The van der Waals surface area contributed by atoms with Crippen LogP contribution in [-0.2, 0) is 16.1 Å². The maximum Gasteiger partial charge on any atom is 0.252 e. The molecule has 1 amide bonds. The SMILES string of the molecule is CO[C@@H](C)C(=O)N(Cc1ccccc1)[C@@H](C)c1ccccn1. The van der Waals surface area contributed by atoms with E-state index in [0.29, 0.717) is 6.54 Å². The summed E-state index contributed by atoms with van der Waals surface area (Å²) in [5.74, 6) is -0.0375. The quantitative estimate of drug-likeness (QED) is 0.822. The van der Waals surface area contributed by atoms with E-state index in [1.54, 1.807) is 20.2 Å². The summed E-state index contributed by atoms with van der Waals surface area (Å²) in [7, 11) is 1.55. The van der Waals surface area contributed by atoms with E-state index in [-0.39, 0.29) is 11.9 Å². The molecule has 116 valence electrons. The monoisotopic (exact) mass is 298 g/mol. The van der Waals surface area contributed by atoms with Crippen molar-refractivity contribution >= 4 is 5.91 Å². The fourth-order valence-electron chi connectivity index (χ4n) is 2.30. The third kappa shape index (κ3) is 3.92. The number of methoxy groups -OCH3 is 1. The second-order valence-corrected chi connectivity index (χ2v) is 5.26. The molecule has 0 N–H and O–H groups in total. The van der Waals surface area contributed by atoms with Gasteiger partial charge in [-0.15, -0.1) is 0 Å². The molecule has 0 spiro atoms. The van der Waals surface area contributed by atoms with Gasteiger partial charge in [0.05, 0.1) is 11.7 Å². The number of aromatic nitrogens is 1. The Kier molecular flexibility index (Phi) is 5.67. The van der Waals surface area contributed by atoms with Crippen molar-refractivity contribution in [3.05, 3.63) is 66.0 Å². The predicted molar refractivity (Wildman–Crippen MR) is 86.1 cm³/mol. The molecule has 0 bridgehead atoms. The Morgan fingerprint density at radius 1 is 1.14 bits per heavy atom. The van der Waals surface area contributed by atoms with Gasteiger partial charge in [0.1, 0.15) is 6.10 Å². The highest BCUT2D eigenvalue weighted by atomic mass is 16.5. The van der Waals surface area contributed by atoms with Gasteiger partial charge in [-0.3, -0.25) is 9.78 Å². The molecular weight excluding hydrogens is 276 g/mol. The van der Waals surface area contributed by atoms with Crippen LogP contribution >= 0.6 is 0 Å². The van der Waals surface area contributed by atoms with Crippen LogP contribution < -0.4 is 0 Å². The zero-order valence-corrected chi connectivity index (χ0v) is 13.3. The summed E-state index contributed by atoms with van der Waals surface area (Å²) in [5, 5.41) is 0. The van der Waals surface area contributed by atoms with Crippen LogP contribution in [0.15, 0.2) is 54.7 Å². The van der Waals surface area contributed by atoms with E-state index in [2.05, 4.69) is 4.98 Å². The first-order chi connectivity index (χ1) is 10.6. The van der Waals surface area contributed by atoms with Crippen LogP contribution in [0.1, 0.15) is 31.1 Å². The average molecular weight is 298 g/mol. The molecule has 22 heavy (non-hydrogen) atoms. The minimum absolute atomic E-state index is 0.0375. The van der Waals surface area contributed by atoms with Crippen molar-refractivity contribution in [3.8, 4) is 0 Å². The van der Waals surface area contributed by atoms with E-state index >= 15 is 0 Å². The zero-order valence-electron chi connectivity index (χ0n) is 13.3. The first kappa shape index (κ1) is 16.2. The third-order valence-electron chi connectivity index (χ3n) is 3.76. The topological polar surface area (TPSA) is 42.4 Å². The molecule has 0 unspecified atom stereocenters. The second kappa shape index (κ2) is 7.71. The molecule has 0 aliphatic heterocycles. The standard InChI is InChI=1S/C18H22N2O2/c1-14(17-11-7-8-12-19-17)20(18(21)15(2)22-3)13-16-9-5-4-6-10-16/h4-12,14-15H,13H2,1-3H3/t14-,15-/m0/s1. The second-order valence-electron chi connectivity index (χ2n) is 5.26. The third-order valence-corrected chi connectivity index (χ3v) is 3.76. The summed E-state index contributed by atoms with van der Waals surface area (Å²) in [5.41, 5.74) is 1.96. The van der Waals surface area contributed by atoms with Gasteiger partial charge in [-0.1, -0.05) is 36.4 Å². The highest BCUT2D eigenvalue weighted by Gasteiger charge is 2.26. The van der Waals surface area contributed by atoms with Gasteiger partial charge in [0.2, 0.25) is 0 Å². The summed E-state index contributed by atoms with van der Waals surface area (Å²) in [6.07, 6.45) is 1.27. The van der Waals surface area contributed by atoms with E-state index in [9.17, 15) is 4.79 Å². The Hall–Kier alpha value is -2.20. The van der Waals surface area contributed by atoms with Crippen LogP contribution in [0.25, 0.3) is 0 Å². The average Bonchev–Trinajstić information content (AvgIpc) is 2.59. The van der Waals surface area contributed by atoms with Crippen molar-refractivity contribution in [2.45, 2.75) is 32.5 Å². The lowest BCUT2D eigenvalue weighted by Crippen LogP contribution is -2.40. The summed E-state index contributed by atoms with van der Waals surface area (Å²) in [6.45, 7) is 4.29. The van der Waals surface area contributed by atoms with E-state index in [0.717, 1.165) is 11.3 Å². The predicted octanol–water partition coefficient (Wildman–Crippen LogP) is 3.21. The maximum atomic E-state index is 12.7. The van der Waals surface area contributed by atoms with E-state index < -0.39 is 6.10 Å². The lowest BCUT2D eigenvalue weighted by Gasteiger charge is -2.31. The number of hydrogen-bond donors (Lipinski definition) is 0. The van der Waals surface area contributed by atoms with Gasteiger partial charge in [-0.25, -0.2) is 0 Å². The van der Waals surface area contributed by atoms with Crippen molar-refractivity contribution in [2.24, 2.45) is 0 Å². The van der Waals surface area contributed by atoms with Crippen molar-refractivity contribution < 1.29 is 9.53 Å². The fourth-order valence-corrected chi connectivity index (χ4v) is 2.30. The van der Waals surface area contributed by atoms with Gasteiger partial charge in [0, 0.05) is 19.9 Å². The Balaban J connectivity index is 2.27. The number of ether oxygens (including phenoxy) is 1. The summed E-state index contributed by atoms with van der Waals surface area (Å²) in [4.78, 5) is 18.9. The molecular formula is C18H22N2O2. The maximum absolute atomic E-state index is 12.7. The lowest BCUT2D eigenvalue weighted by atomic mass is 10.1. The van der Waals surface area contributed by atoms with Gasteiger partial charge in [-0.05, 0) is 31.5 Å². The normalized spacial score (nSPS) is 13.4. The number of rotatable bonds is 6. The van der Waals surface area contributed by atoms with Crippen molar-refractivity contribution in [2.75, 3.05) is 7.11 Å². The highest BCUT2D eigenvalue weighted by molar-refractivity contribution is 5.81. The number of benzene rings is 1. The molecule has 1 aromatic heterocycles. The summed E-state index contributed by atoms with van der Waals surface area (Å²) < 4.78 is 5.21. The van der Waals surface area contributed by atoms with Crippen molar-refractivity contribution in [1.82, 2.24) is 9.88 Å². The summed E-state index contributed by atoms with van der Waals surface area (Å²) in [6, 6.07) is 15.6. The minimum Gasteiger partial charge on any atom is -0.372 e. The van der Waals surface area contributed by atoms with Crippen LogP contribution in [0.2, 0.25) is 0 Å². The molecule has 0 saturated carbocycles. The van der Waals surface area contributed by atoms with Crippen molar-refractivity contribution in [3.63, 3.8) is 0 Å². The van der Waals surface area contributed by atoms with Gasteiger partial charge in [-0.2, -0.15) is 0 Å². The van der Waals surface area contributed by atoms with Crippen LogP contribution in [0, 0.1) is 0 Å². The summed E-state index contributed by atoms with van der Waals surface area (Å²) >= 11 is 0. The van der Waals surface area contributed by atoms with Crippen LogP contribution in [0.3, 0.4) is 0 Å². The number of pyridine rings is 1. The van der Waals surface area contributed by atoms with E-state index in [4.69, 9.17) is 4.74 Å². The highest BCUT2D eigenvalue weighted by Crippen LogP contribution is 2.22. The molecule has 1 aromatic carbocycles. The Morgan fingerprint density at radius 2 is 1.82 bits per heavy atom. The molecule has 2 atom stereocenters. The molecule has 0 fully saturated rings. The number of amides is 1.